The zero-order valence-electron chi connectivity index (χ0n) is 7.79. The molecule has 0 heterocycles. The maximum absolute atomic E-state index is 13.1. The lowest BCUT2D eigenvalue weighted by Gasteiger charge is -2.08. The number of hydrogen-bond acceptors (Lipinski definition) is 3. The lowest BCUT2D eigenvalue weighted by atomic mass is 10.2. The van der Waals surface area contributed by atoms with Crippen LogP contribution in [0.2, 0.25) is 0 Å². The van der Waals surface area contributed by atoms with Gasteiger partial charge >= 0.3 is 5.97 Å². The standard InChI is InChI=1S/C9H8BrFO4/c1-14-4-15-8-2-5(9(12)13)7(11)3-6(8)10/h2-3H,4H2,1H3,(H,12,13). The van der Waals surface area contributed by atoms with E-state index >= 15 is 0 Å². The first-order valence-corrected chi connectivity index (χ1v) is 4.69. The molecule has 0 aromatic heterocycles. The van der Waals surface area contributed by atoms with Crippen LogP contribution in [0.1, 0.15) is 10.4 Å². The van der Waals surface area contributed by atoms with Gasteiger partial charge in [0.05, 0.1) is 10.0 Å². The molecule has 0 bridgehead atoms. The third kappa shape index (κ3) is 2.90. The molecule has 0 fully saturated rings. The van der Waals surface area contributed by atoms with E-state index in [1.165, 1.54) is 7.11 Å². The SMILES string of the molecule is COCOc1cc(C(=O)O)c(F)cc1Br. The molecule has 0 amide bonds. The Labute approximate surface area is 93.7 Å². The molecular formula is C9H8BrFO4. The summed E-state index contributed by atoms with van der Waals surface area (Å²) in [4.78, 5) is 10.6. The van der Waals surface area contributed by atoms with Crippen LogP contribution in [0.3, 0.4) is 0 Å². The van der Waals surface area contributed by atoms with Gasteiger partial charge in [0, 0.05) is 7.11 Å². The van der Waals surface area contributed by atoms with Crippen molar-refractivity contribution in [1.82, 2.24) is 0 Å². The number of halogens is 2. The third-order valence-corrected chi connectivity index (χ3v) is 2.20. The molecule has 1 aromatic rings. The third-order valence-electron chi connectivity index (χ3n) is 1.58. The van der Waals surface area contributed by atoms with Crippen LogP contribution in [0.15, 0.2) is 16.6 Å². The van der Waals surface area contributed by atoms with Gasteiger partial charge in [0.15, 0.2) is 6.79 Å². The first-order chi connectivity index (χ1) is 7.06. The van der Waals surface area contributed by atoms with Crippen molar-refractivity contribution in [2.45, 2.75) is 0 Å². The van der Waals surface area contributed by atoms with E-state index < -0.39 is 17.3 Å². The van der Waals surface area contributed by atoms with E-state index in [9.17, 15) is 9.18 Å². The molecular weight excluding hydrogens is 271 g/mol. The largest absolute Gasteiger partial charge is 0.478 e. The highest BCUT2D eigenvalue weighted by Gasteiger charge is 2.14. The average Bonchev–Trinajstić information content (AvgIpc) is 2.16. The number of aromatic carboxylic acids is 1. The lowest BCUT2D eigenvalue weighted by molar-refractivity contribution is 0.0501. The van der Waals surface area contributed by atoms with Gasteiger partial charge in [-0.15, -0.1) is 0 Å². The lowest BCUT2D eigenvalue weighted by Crippen LogP contribution is -2.04. The molecule has 0 saturated carbocycles. The van der Waals surface area contributed by atoms with Gasteiger partial charge in [-0.05, 0) is 28.1 Å². The molecule has 0 aliphatic heterocycles. The first kappa shape index (κ1) is 11.9. The number of ether oxygens (including phenoxy) is 2. The molecule has 0 aliphatic carbocycles. The van der Waals surface area contributed by atoms with E-state index in [1.807, 2.05) is 0 Å². The van der Waals surface area contributed by atoms with E-state index in [0.29, 0.717) is 4.47 Å². The minimum Gasteiger partial charge on any atom is -0.478 e. The van der Waals surface area contributed by atoms with Crippen LogP contribution >= 0.6 is 15.9 Å². The Morgan fingerprint density at radius 1 is 1.60 bits per heavy atom. The summed E-state index contributed by atoms with van der Waals surface area (Å²) in [5.74, 6) is -1.95. The van der Waals surface area contributed by atoms with Gasteiger partial charge in [-0.25, -0.2) is 9.18 Å². The van der Waals surface area contributed by atoms with E-state index in [-0.39, 0.29) is 12.5 Å². The Bertz CT molecular complexity index is 381. The van der Waals surface area contributed by atoms with Crippen LogP contribution in [-0.2, 0) is 4.74 Å². The topological polar surface area (TPSA) is 55.8 Å². The summed E-state index contributed by atoms with van der Waals surface area (Å²) in [6, 6.07) is 2.13. The zero-order valence-corrected chi connectivity index (χ0v) is 9.38. The molecule has 0 saturated heterocycles. The smallest absolute Gasteiger partial charge is 0.338 e. The number of methoxy groups -OCH3 is 1. The van der Waals surface area contributed by atoms with E-state index in [2.05, 4.69) is 20.7 Å². The maximum Gasteiger partial charge on any atom is 0.338 e. The fourth-order valence-electron chi connectivity index (χ4n) is 0.926. The second-order valence-corrected chi connectivity index (χ2v) is 3.47. The van der Waals surface area contributed by atoms with Crippen molar-refractivity contribution in [2.24, 2.45) is 0 Å². The number of carboxylic acid groups (broad SMARTS) is 1. The van der Waals surface area contributed by atoms with Crippen molar-refractivity contribution in [2.75, 3.05) is 13.9 Å². The van der Waals surface area contributed by atoms with Crippen LogP contribution in [0.4, 0.5) is 4.39 Å². The van der Waals surface area contributed by atoms with Crippen LogP contribution < -0.4 is 4.74 Å². The van der Waals surface area contributed by atoms with E-state index in [4.69, 9.17) is 9.84 Å². The molecule has 82 valence electrons. The van der Waals surface area contributed by atoms with Crippen molar-refractivity contribution < 1.29 is 23.8 Å². The number of carboxylic acids is 1. The molecule has 1 N–H and O–H groups in total. The fraction of sp³-hybridized carbons (Fsp3) is 0.222. The highest BCUT2D eigenvalue weighted by Crippen LogP contribution is 2.28. The number of hydrogen-bond donors (Lipinski definition) is 1. The Morgan fingerprint density at radius 2 is 2.27 bits per heavy atom. The number of rotatable bonds is 4. The van der Waals surface area contributed by atoms with Gasteiger partial charge in [0.1, 0.15) is 11.6 Å². The molecule has 1 rings (SSSR count). The second-order valence-electron chi connectivity index (χ2n) is 2.62. The molecule has 0 atom stereocenters. The molecule has 15 heavy (non-hydrogen) atoms. The molecule has 0 aliphatic rings. The average molecular weight is 279 g/mol. The normalized spacial score (nSPS) is 10.1. The van der Waals surface area contributed by atoms with Gasteiger partial charge in [0.25, 0.3) is 0 Å². The molecule has 0 unspecified atom stereocenters. The van der Waals surface area contributed by atoms with E-state index in [1.54, 1.807) is 0 Å². The monoisotopic (exact) mass is 278 g/mol. The summed E-state index contributed by atoms with van der Waals surface area (Å²) in [6.45, 7) is -0.0384. The summed E-state index contributed by atoms with van der Waals surface area (Å²) >= 11 is 3.05. The minimum absolute atomic E-state index is 0.0384. The van der Waals surface area contributed by atoms with Gasteiger partial charge in [-0.3, -0.25) is 0 Å². The Morgan fingerprint density at radius 3 is 2.80 bits per heavy atom. The van der Waals surface area contributed by atoms with Crippen LogP contribution in [0.5, 0.6) is 5.75 Å². The van der Waals surface area contributed by atoms with Gasteiger partial charge in [0.2, 0.25) is 0 Å². The molecule has 6 heteroatoms. The first-order valence-electron chi connectivity index (χ1n) is 3.90. The van der Waals surface area contributed by atoms with Gasteiger partial charge in [-0.2, -0.15) is 0 Å². The Kier molecular flexibility index (Phi) is 4.05. The van der Waals surface area contributed by atoms with Crippen molar-refractivity contribution in [1.29, 1.82) is 0 Å². The van der Waals surface area contributed by atoms with Crippen molar-refractivity contribution in [3.63, 3.8) is 0 Å². The summed E-state index contributed by atoms with van der Waals surface area (Å²) in [7, 11) is 1.43. The molecule has 4 nitrogen and oxygen atoms in total. The van der Waals surface area contributed by atoms with Gasteiger partial charge < -0.3 is 14.6 Å². The summed E-state index contributed by atoms with van der Waals surface area (Å²) in [5, 5.41) is 8.66. The Hall–Kier alpha value is -1.14. The highest BCUT2D eigenvalue weighted by atomic mass is 79.9. The van der Waals surface area contributed by atoms with Gasteiger partial charge in [-0.1, -0.05) is 0 Å². The quantitative estimate of drug-likeness (QED) is 0.859. The minimum atomic E-state index is -1.35. The van der Waals surface area contributed by atoms with Crippen LogP contribution in [0.25, 0.3) is 0 Å². The fourth-order valence-corrected chi connectivity index (χ4v) is 1.36. The number of carbonyl (C=O) groups is 1. The summed E-state index contributed by atoms with van der Waals surface area (Å²) in [5.41, 5.74) is -0.440. The second kappa shape index (κ2) is 5.09. The predicted octanol–water partition coefficient (Wildman–Crippen LogP) is 2.27. The maximum atomic E-state index is 13.1. The van der Waals surface area contributed by atoms with Crippen molar-refractivity contribution in [3.05, 3.63) is 28.0 Å². The molecule has 0 spiro atoms. The van der Waals surface area contributed by atoms with E-state index in [0.717, 1.165) is 12.1 Å². The van der Waals surface area contributed by atoms with Crippen LogP contribution in [-0.4, -0.2) is 25.0 Å². The Balaban J connectivity index is 3.06. The number of benzene rings is 1. The molecule has 1 aromatic carbocycles. The van der Waals surface area contributed by atoms with Crippen LogP contribution in [0, 0.1) is 5.82 Å². The molecule has 0 radical (unpaired) electrons. The summed E-state index contributed by atoms with van der Waals surface area (Å²) < 4.78 is 23.1. The highest BCUT2D eigenvalue weighted by molar-refractivity contribution is 9.10. The van der Waals surface area contributed by atoms with Crippen molar-refractivity contribution in [3.8, 4) is 5.75 Å². The van der Waals surface area contributed by atoms with Crippen molar-refractivity contribution >= 4 is 21.9 Å². The summed E-state index contributed by atoms with van der Waals surface area (Å²) in [6.07, 6.45) is 0. The zero-order chi connectivity index (χ0) is 11.4. The predicted molar refractivity (Wildman–Crippen MR) is 53.6 cm³/mol.